The zero-order valence-corrected chi connectivity index (χ0v) is 12.6. The highest BCUT2D eigenvalue weighted by atomic mass is 35.5. The first kappa shape index (κ1) is 15.5. The quantitative estimate of drug-likeness (QED) is 0.788. The van der Waals surface area contributed by atoms with Gasteiger partial charge in [-0.15, -0.1) is 0 Å². The molecular formula is C10H12ClFN2O4S2. The molecule has 0 atom stereocenters. The lowest BCUT2D eigenvalue weighted by atomic mass is 10.3. The topological polar surface area (TPSA) is 97.5 Å². The van der Waals surface area contributed by atoms with E-state index in [1.54, 1.807) is 0 Å². The molecule has 0 aliphatic carbocycles. The van der Waals surface area contributed by atoms with E-state index in [0.717, 1.165) is 16.4 Å². The molecule has 1 aliphatic heterocycles. The Morgan fingerprint density at radius 3 is 2.35 bits per heavy atom. The Hall–Kier alpha value is -0.900. The lowest BCUT2D eigenvalue weighted by Gasteiger charge is -2.26. The van der Waals surface area contributed by atoms with Crippen LogP contribution in [0.1, 0.15) is 0 Å². The summed E-state index contributed by atoms with van der Waals surface area (Å²) in [5.41, 5.74) is 4.98. The maximum absolute atomic E-state index is 13.9. The van der Waals surface area contributed by atoms with Crippen LogP contribution >= 0.6 is 11.6 Å². The van der Waals surface area contributed by atoms with Crippen LogP contribution in [0.3, 0.4) is 0 Å². The predicted molar refractivity (Wildman–Crippen MR) is 73.2 cm³/mol. The van der Waals surface area contributed by atoms with Crippen LogP contribution in [-0.2, 0) is 19.9 Å². The summed E-state index contributed by atoms with van der Waals surface area (Å²) in [6.45, 7) is -0.424. The standard InChI is InChI=1S/C10H12ClFN2O4S2/c11-7-5-8(13)10(12)9(6-7)20(17,18)14-1-3-19(15,16)4-2-14/h5-6H,1-4,13H2. The Morgan fingerprint density at radius 1 is 1.25 bits per heavy atom. The van der Waals surface area contributed by atoms with Gasteiger partial charge in [0.15, 0.2) is 15.7 Å². The van der Waals surface area contributed by atoms with Crippen LogP contribution in [-0.4, -0.2) is 45.7 Å². The molecule has 0 saturated carbocycles. The third kappa shape index (κ3) is 2.90. The SMILES string of the molecule is Nc1cc(Cl)cc(S(=O)(=O)N2CCS(=O)(=O)CC2)c1F. The lowest BCUT2D eigenvalue weighted by molar-refractivity contribution is 0.427. The number of hydrogen-bond acceptors (Lipinski definition) is 5. The Morgan fingerprint density at radius 2 is 1.80 bits per heavy atom. The highest BCUT2D eigenvalue weighted by Gasteiger charge is 2.33. The third-order valence-electron chi connectivity index (χ3n) is 2.95. The highest BCUT2D eigenvalue weighted by Crippen LogP contribution is 2.28. The Kier molecular flexibility index (Phi) is 3.98. The number of nitrogens with zero attached hydrogens (tertiary/aromatic N) is 1. The molecule has 0 bridgehead atoms. The summed E-state index contributed by atoms with van der Waals surface area (Å²) in [5, 5.41) is -0.00731. The van der Waals surface area contributed by atoms with Gasteiger partial charge in [-0.25, -0.2) is 21.2 Å². The van der Waals surface area contributed by atoms with Gasteiger partial charge in [0, 0.05) is 18.1 Å². The maximum Gasteiger partial charge on any atom is 0.246 e. The van der Waals surface area contributed by atoms with Crippen LogP contribution in [0.4, 0.5) is 10.1 Å². The van der Waals surface area contributed by atoms with E-state index in [-0.39, 0.29) is 35.3 Å². The van der Waals surface area contributed by atoms with E-state index in [0.29, 0.717) is 0 Å². The van der Waals surface area contributed by atoms with Crippen LogP contribution in [0, 0.1) is 5.82 Å². The normalized spacial score (nSPS) is 19.9. The van der Waals surface area contributed by atoms with Gasteiger partial charge in [-0.3, -0.25) is 0 Å². The zero-order valence-electron chi connectivity index (χ0n) is 10.2. The van der Waals surface area contributed by atoms with E-state index in [4.69, 9.17) is 17.3 Å². The Bertz CT molecular complexity index is 735. The fraction of sp³-hybridized carbons (Fsp3) is 0.400. The van der Waals surface area contributed by atoms with E-state index in [9.17, 15) is 21.2 Å². The molecule has 1 heterocycles. The molecule has 10 heteroatoms. The number of sulfonamides is 1. The average Bonchev–Trinajstić information content (AvgIpc) is 2.33. The fourth-order valence-electron chi connectivity index (χ4n) is 1.85. The molecule has 1 saturated heterocycles. The Balaban J connectivity index is 2.42. The number of anilines is 1. The molecule has 0 aromatic heterocycles. The summed E-state index contributed by atoms with van der Waals surface area (Å²) >= 11 is 5.69. The van der Waals surface area contributed by atoms with Gasteiger partial charge < -0.3 is 5.73 Å². The smallest absolute Gasteiger partial charge is 0.246 e. The average molecular weight is 343 g/mol. The summed E-state index contributed by atoms with van der Waals surface area (Å²) in [6.07, 6.45) is 0. The van der Waals surface area contributed by atoms with E-state index in [1.165, 1.54) is 0 Å². The predicted octanol–water partition coefficient (Wildman–Crippen LogP) is 0.480. The number of halogens is 2. The summed E-state index contributed by atoms with van der Waals surface area (Å²) < 4.78 is 62.0. The van der Waals surface area contributed by atoms with Crippen molar-refractivity contribution in [2.45, 2.75) is 4.90 Å². The van der Waals surface area contributed by atoms with E-state index >= 15 is 0 Å². The number of hydrogen-bond donors (Lipinski definition) is 1. The van der Waals surface area contributed by atoms with Crippen LogP contribution in [0.2, 0.25) is 5.02 Å². The molecule has 0 amide bonds. The van der Waals surface area contributed by atoms with Crippen molar-refractivity contribution in [2.75, 3.05) is 30.3 Å². The second kappa shape index (κ2) is 5.14. The minimum atomic E-state index is -4.16. The van der Waals surface area contributed by atoms with Crippen molar-refractivity contribution in [3.8, 4) is 0 Å². The van der Waals surface area contributed by atoms with Crippen molar-refractivity contribution >= 4 is 37.1 Å². The van der Waals surface area contributed by atoms with Crippen molar-refractivity contribution in [2.24, 2.45) is 0 Å². The second-order valence-electron chi connectivity index (χ2n) is 4.36. The summed E-state index contributed by atoms with van der Waals surface area (Å²) in [4.78, 5) is -0.637. The van der Waals surface area contributed by atoms with Gasteiger partial charge in [0.25, 0.3) is 0 Å². The minimum absolute atomic E-state index is 0.00731. The summed E-state index contributed by atoms with van der Waals surface area (Å²) in [7, 11) is -7.39. The molecule has 6 nitrogen and oxygen atoms in total. The minimum Gasteiger partial charge on any atom is -0.396 e. The molecule has 0 radical (unpaired) electrons. The van der Waals surface area contributed by atoms with Crippen molar-refractivity contribution < 1.29 is 21.2 Å². The van der Waals surface area contributed by atoms with Crippen molar-refractivity contribution in [1.29, 1.82) is 0 Å². The molecule has 1 aromatic rings. The molecule has 0 unspecified atom stereocenters. The number of rotatable bonds is 2. The number of nitrogens with two attached hydrogens (primary N) is 1. The van der Waals surface area contributed by atoms with Crippen molar-refractivity contribution in [3.63, 3.8) is 0 Å². The fourth-order valence-corrected chi connectivity index (χ4v) is 5.13. The number of sulfone groups is 1. The van der Waals surface area contributed by atoms with Crippen LogP contribution in [0.5, 0.6) is 0 Å². The lowest BCUT2D eigenvalue weighted by Crippen LogP contribution is -2.43. The van der Waals surface area contributed by atoms with E-state index < -0.39 is 30.6 Å². The largest absolute Gasteiger partial charge is 0.396 e. The highest BCUT2D eigenvalue weighted by molar-refractivity contribution is 7.92. The van der Waals surface area contributed by atoms with E-state index in [1.807, 2.05) is 0 Å². The first-order chi connectivity index (χ1) is 9.13. The zero-order chi connectivity index (χ0) is 15.1. The summed E-state index contributed by atoms with van der Waals surface area (Å²) in [6, 6.07) is 2.07. The molecule has 1 aromatic carbocycles. The van der Waals surface area contributed by atoms with Gasteiger partial charge in [0.1, 0.15) is 4.90 Å². The molecule has 112 valence electrons. The molecule has 1 aliphatic rings. The van der Waals surface area contributed by atoms with Gasteiger partial charge in [-0.2, -0.15) is 4.31 Å². The van der Waals surface area contributed by atoms with Crippen LogP contribution in [0.25, 0.3) is 0 Å². The summed E-state index contributed by atoms with van der Waals surface area (Å²) in [5.74, 6) is -1.66. The molecular weight excluding hydrogens is 331 g/mol. The maximum atomic E-state index is 13.9. The molecule has 1 fully saturated rings. The molecule has 2 rings (SSSR count). The monoisotopic (exact) mass is 342 g/mol. The van der Waals surface area contributed by atoms with Gasteiger partial charge in [0.2, 0.25) is 10.0 Å². The third-order valence-corrected chi connectivity index (χ3v) is 6.68. The van der Waals surface area contributed by atoms with Crippen molar-refractivity contribution in [3.05, 3.63) is 23.0 Å². The van der Waals surface area contributed by atoms with Gasteiger partial charge in [-0.05, 0) is 12.1 Å². The van der Waals surface area contributed by atoms with Crippen LogP contribution in [0.15, 0.2) is 17.0 Å². The van der Waals surface area contributed by atoms with E-state index in [2.05, 4.69) is 0 Å². The molecule has 0 spiro atoms. The van der Waals surface area contributed by atoms with Gasteiger partial charge in [-0.1, -0.05) is 11.6 Å². The number of benzene rings is 1. The Labute approximate surface area is 121 Å². The van der Waals surface area contributed by atoms with Crippen LogP contribution < -0.4 is 5.73 Å². The van der Waals surface area contributed by atoms with Gasteiger partial charge >= 0.3 is 0 Å². The first-order valence-corrected chi connectivity index (χ1v) is 9.22. The second-order valence-corrected chi connectivity index (χ2v) is 9.01. The molecule has 20 heavy (non-hydrogen) atoms. The van der Waals surface area contributed by atoms with Crippen molar-refractivity contribution in [1.82, 2.24) is 4.31 Å². The number of nitrogen functional groups attached to an aromatic ring is 1. The first-order valence-electron chi connectivity index (χ1n) is 5.58. The molecule has 2 N–H and O–H groups in total. The van der Waals surface area contributed by atoms with Gasteiger partial charge in [0.05, 0.1) is 17.2 Å².